The maximum Gasteiger partial charge on any atom is 0.188 e. The molecule has 0 unspecified atom stereocenters. The van der Waals surface area contributed by atoms with Gasteiger partial charge in [0.2, 0.25) is 0 Å². The first kappa shape index (κ1) is 27.5. The summed E-state index contributed by atoms with van der Waals surface area (Å²) in [5, 5.41) is 51.6. The molecule has 0 aliphatic heterocycles. The molecule has 0 radical (unpaired) electrons. The normalized spacial score (nSPS) is 40.6. The van der Waals surface area contributed by atoms with Crippen molar-refractivity contribution in [1.82, 2.24) is 0 Å². The van der Waals surface area contributed by atoms with E-state index in [1.165, 1.54) is 6.08 Å². The van der Waals surface area contributed by atoms with Crippen LogP contribution in [-0.4, -0.2) is 67.1 Å². The van der Waals surface area contributed by atoms with Crippen molar-refractivity contribution in [1.29, 1.82) is 0 Å². The average Bonchev–Trinajstić information content (AvgIpc) is 3.07. The van der Waals surface area contributed by atoms with Gasteiger partial charge >= 0.3 is 0 Å². The Bertz CT molecular complexity index is 829. The highest BCUT2D eigenvalue weighted by atomic mass is 16.3. The lowest BCUT2D eigenvalue weighted by atomic mass is 9.53. The van der Waals surface area contributed by atoms with E-state index in [2.05, 4.69) is 13.8 Å². The van der Waals surface area contributed by atoms with Crippen molar-refractivity contribution >= 4 is 11.6 Å². The van der Waals surface area contributed by atoms with Crippen LogP contribution < -0.4 is 0 Å². The van der Waals surface area contributed by atoms with Crippen LogP contribution in [-0.2, 0) is 9.59 Å². The molecule has 3 aliphatic rings. The molecule has 0 amide bonds. The molecule has 0 aromatic heterocycles. The summed E-state index contributed by atoms with van der Waals surface area (Å²) < 4.78 is 0. The third-order valence-electron chi connectivity index (χ3n) is 9.71. The highest BCUT2D eigenvalue weighted by molar-refractivity contribution is 6.16. The molecular weight excluding hydrogens is 436 g/mol. The maximum atomic E-state index is 13.8. The van der Waals surface area contributed by atoms with E-state index in [-0.39, 0.29) is 43.0 Å². The maximum absolute atomic E-state index is 13.8. The topological polar surface area (TPSA) is 135 Å². The molecule has 0 bridgehead atoms. The molecule has 7 nitrogen and oxygen atoms in total. The Morgan fingerprint density at radius 2 is 1.79 bits per heavy atom. The Hall–Kier alpha value is -1.12. The highest BCUT2D eigenvalue weighted by Gasteiger charge is 2.63. The summed E-state index contributed by atoms with van der Waals surface area (Å²) in [4.78, 5) is 27.0. The Morgan fingerprint density at radius 1 is 1.15 bits per heavy atom. The number of carbonyl (C=O) groups is 2. The number of rotatable bonds is 8. The molecule has 0 heterocycles. The first-order chi connectivity index (χ1) is 15.6. The quantitative estimate of drug-likeness (QED) is 0.360. The minimum absolute atomic E-state index is 0.0364. The largest absolute Gasteiger partial charge is 0.396 e. The number of aliphatic hydroxyl groups excluding tert-OH is 3. The third-order valence-corrected chi connectivity index (χ3v) is 9.71. The number of hydrogen-bond acceptors (Lipinski definition) is 7. The summed E-state index contributed by atoms with van der Waals surface area (Å²) in [6, 6.07) is 0. The second kappa shape index (κ2) is 9.40. The van der Waals surface area contributed by atoms with E-state index in [4.69, 9.17) is 0 Å². The number of ketones is 2. The van der Waals surface area contributed by atoms with Crippen molar-refractivity contribution in [2.45, 2.75) is 109 Å². The zero-order valence-corrected chi connectivity index (χ0v) is 21.4. The van der Waals surface area contributed by atoms with E-state index < -0.39 is 40.0 Å². The van der Waals surface area contributed by atoms with E-state index in [0.29, 0.717) is 37.7 Å². The molecule has 2 fully saturated rings. The van der Waals surface area contributed by atoms with Crippen molar-refractivity contribution in [3.63, 3.8) is 0 Å². The molecule has 0 spiro atoms. The first-order valence-electron chi connectivity index (χ1n) is 12.8. The van der Waals surface area contributed by atoms with Gasteiger partial charge < -0.3 is 25.5 Å². The van der Waals surface area contributed by atoms with Crippen molar-refractivity contribution in [2.24, 2.45) is 28.6 Å². The average molecular weight is 481 g/mol. The Balaban J connectivity index is 1.89. The molecule has 194 valence electrons. The van der Waals surface area contributed by atoms with E-state index in [1.807, 2.05) is 0 Å². The molecule has 7 heteroatoms. The summed E-state index contributed by atoms with van der Waals surface area (Å²) in [5.41, 5.74) is -4.28. The summed E-state index contributed by atoms with van der Waals surface area (Å²) in [7, 11) is 0. The smallest absolute Gasteiger partial charge is 0.188 e. The van der Waals surface area contributed by atoms with Gasteiger partial charge in [-0.2, -0.15) is 0 Å². The number of allylic oxidation sites excluding steroid dienone is 1. The van der Waals surface area contributed by atoms with Gasteiger partial charge in [-0.15, -0.1) is 0 Å². The molecule has 2 saturated carbocycles. The van der Waals surface area contributed by atoms with Crippen LogP contribution >= 0.6 is 0 Å². The van der Waals surface area contributed by atoms with Crippen molar-refractivity contribution in [3.05, 3.63) is 11.6 Å². The molecule has 34 heavy (non-hydrogen) atoms. The highest BCUT2D eigenvalue weighted by Crippen LogP contribution is 2.59. The van der Waals surface area contributed by atoms with E-state index in [0.717, 1.165) is 6.42 Å². The molecule has 3 aliphatic carbocycles. The Kier molecular flexibility index (Phi) is 7.59. The van der Waals surface area contributed by atoms with Gasteiger partial charge in [0.15, 0.2) is 11.6 Å². The number of fused-ring (bicyclic) bond motifs is 1. The molecule has 0 aromatic rings. The van der Waals surface area contributed by atoms with Crippen LogP contribution in [0.3, 0.4) is 0 Å². The molecule has 0 aromatic carbocycles. The monoisotopic (exact) mass is 480 g/mol. The summed E-state index contributed by atoms with van der Waals surface area (Å²) >= 11 is 0. The van der Waals surface area contributed by atoms with Gasteiger partial charge in [0.25, 0.3) is 0 Å². The fraction of sp³-hybridized carbons (Fsp3) is 0.852. The second-order valence-corrected chi connectivity index (χ2v) is 12.3. The lowest BCUT2D eigenvalue weighted by molar-refractivity contribution is -0.174. The van der Waals surface area contributed by atoms with Gasteiger partial charge in [0.05, 0.1) is 23.2 Å². The lowest BCUT2D eigenvalue weighted by Gasteiger charge is -2.51. The van der Waals surface area contributed by atoms with Gasteiger partial charge in [0, 0.05) is 18.6 Å². The zero-order chi connectivity index (χ0) is 25.7. The van der Waals surface area contributed by atoms with Gasteiger partial charge in [-0.3, -0.25) is 9.59 Å². The SMILES string of the molecule is C[C@H](CC[C@H](O)C(C)(C)O)[C@H]1CC[C@@H](C2=CC(=O)[C@]3(O)C[C@@H](O)CC[C@]3(C)C2=O)[C@]1(C)CCO. The van der Waals surface area contributed by atoms with Crippen molar-refractivity contribution < 1.29 is 35.1 Å². The number of aliphatic hydroxyl groups is 5. The molecule has 8 atom stereocenters. The Labute approximate surface area is 203 Å². The predicted octanol–water partition coefficient (Wildman–Crippen LogP) is 2.31. The number of hydrogen-bond donors (Lipinski definition) is 5. The van der Waals surface area contributed by atoms with Gasteiger partial charge in [-0.1, -0.05) is 13.8 Å². The summed E-state index contributed by atoms with van der Waals surface area (Å²) in [6.45, 7) is 9.00. The summed E-state index contributed by atoms with van der Waals surface area (Å²) in [5.74, 6) is -0.563. The van der Waals surface area contributed by atoms with Crippen LogP contribution in [0.2, 0.25) is 0 Å². The van der Waals surface area contributed by atoms with E-state index >= 15 is 0 Å². The molecular formula is C27H44O7. The minimum atomic E-state index is -1.88. The molecule has 3 rings (SSSR count). The van der Waals surface area contributed by atoms with Crippen LogP contribution in [0.25, 0.3) is 0 Å². The third kappa shape index (κ3) is 4.43. The van der Waals surface area contributed by atoms with Crippen molar-refractivity contribution in [3.8, 4) is 0 Å². The standard InChI is InChI=1S/C27H44O7/c1-16(6-9-21(30)24(2,3)33)19-7-8-20(25(19,4)12-13-28)18-14-22(31)27(34)15-17(29)10-11-26(27,5)23(18)32/h14,16-17,19-21,28-30,33-34H,6-13,15H2,1-5H3/t16-,17+,19-,20+,21+,25-,26-,27-/m1/s1. The molecule has 5 N–H and O–H groups in total. The zero-order valence-electron chi connectivity index (χ0n) is 21.4. The van der Waals surface area contributed by atoms with Crippen LogP contribution in [0.1, 0.15) is 86.0 Å². The van der Waals surface area contributed by atoms with Crippen LogP contribution in [0.4, 0.5) is 0 Å². The van der Waals surface area contributed by atoms with Gasteiger partial charge in [0.1, 0.15) is 5.60 Å². The van der Waals surface area contributed by atoms with Crippen LogP contribution in [0.5, 0.6) is 0 Å². The number of Topliss-reactive ketones (excluding diaryl/α,β-unsaturated/α-hetero) is 1. The predicted molar refractivity (Wildman–Crippen MR) is 128 cm³/mol. The van der Waals surface area contributed by atoms with Gasteiger partial charge in [-0.25, -0.2) is 0 Å². The molecule has 0 saturated heterocycles. The van der Waals surface area contributed by atoms with E-state index in [1.54, 1.807) is 20.8 Å². The van der Waals surface area contributed by atoms with Gasteiger partial charge in [-0.05, 0) is 95.0 Å². The van der Waals surface area contributed by atoms with E-state index in [9.17, 15) is 35.1 Å². The fourth-order valence-electron chi connectivity index (χ4n) is 7.19. The van der Waals surface area contributed by atoms with Crippen LogP contribution in [0, 0.1) is 28.6 Å². The summed E-state index contributed by atoms with van der Waals surface area (Å²) in [6.07, 6.45) is 3.36. The van der Waals surface area contributed by atoms with Crippen LogP contribution in [0.15, 0.2) is 11.6 Å². The van der Waals surface area contributed by atoms with Crippen molar-refractivity contribution in [2.75, 3.05) is 6.61 Å². The lowest BCUT2D eigenvalue weighted by Crippen LogP contribution is -2.63. The second-order valence-electron chi connectivity index (χ2n) is 12.3. The minimum Gasteiger partial charge on any atom is -0.396 e. The number of carbonyl (C=O) groups excluding carboxylic acids is 2. The first-order valence-corrected chi connectivity index (χ1v) is 12.8. The Morgan fingerprint density at radius 3 is 2.38 bits per heavy atom. The fourth-order valence-corrected chi connectivity index (χ4v) is 7.19.